The van der Waals surface area contributed by atoms with Crippen molar-refractivity contribution < 1.29 is 38.6 Å². The molecule has 0 amide bonds. The van der Waals surface area contributed by atoms with Gasteiger partial charge in [0.15, 0.2) is 5.12 Å². The Morgan fingerprint density at radius 1 is 1.23 bits per heavy atom. The molecule has 0 saturated carbocycles. The summed E-state index contributed by atoms with van der Waals surface area (Å²) in [6.07, 6.45) is 1.36. The van der Waals surface area contributed by atoms with E-state index in [1.807, 2.05) is 0 Å². The lowest BCUT2D eigenvalue weighted by atomic mass is 10.2. The van der Waals surface area contributed by atoms with Gasteiger partial charge in [-0.1, -0.05) is 11.8 Å². The molecule has 1 aliphatic rings. The van der Waals surface area contributed by atoms with Crippen LogP contribution in [0.4, 0.5) is 0 Å². The first-order valence-electron chi connectivity index (χ1n) is 7.02. The molecule has 0 aliphatic carbocycles. The molecule has 1 rings (SSSR count). The highest BCUT2D eigenvalue weighted by Crippen LogP contribution is 2.51. The Kier molecular flexibility index (Phi) is 6.61. The standard InChI is InChI=1S/C12H22NO7PS/c1-10(14)22-9-8-13(5-2-3-6-13)7-4-12(17,11(15)16)21(18,19)20/h17H,2-9H2,1H3,(H2-,15,16,18,19,20)/p+1. The van der Waals surface area contributed by atoms with Crippen LogP contribution in [-0.2, 0) is 14.2 Å². The number of carboxylic acid groups (broad SMARTS) is 1. The summed E-state index contributed by atoms with van der Waals surface area (Å²) in [4.78, 5) is 40.4. The number of likely N-dealkylation sites (tertiary alicyclic amines) is 1. The second-order valence-corrected chi connectivity index (χ2v) is 8.80. The number of aliphatic carboxylic acids is 1. The average Bonchev–Trinajstić information content (AvgIpc) is 2.83. The monoisotopic (exact) mass is 356 g/mol. The van der Waals surface area contributed by atoms with E-state index in [1.165, 1.54) is 18.7 Å². The summed E-state index contributed by atoms with van der Waals surface area (Å²) < 4.78 is 11.8. The number of thioether (sulfide) groups is 1. The van der Waals surface area contributed by atoms with Crippen LogP contribution >= 0.6 is 19.4 Å². The minimum absolute atomic E-state index is 0.00500. The summed E-state index contributed by atoms with van der Waals surface area (Å²) >= 11 is 1.17. The smallest absolute Gasteiger partial charge is 0.368 e. The number of rotatable bonds is 8. The molecular weight excluding hydrogens is 333 g/mol. The molecule has 8 nitrogen and oxygen atoms in total. The van der Waals surface area contributed by atoms with Crippen molar-refractivity contribution in [1.29, 1.82) is 0 Å². The fraction of sp³-hybridized carbons (Fsp3) is 0.833. The molecule has 1 fully saturated rings. The largest absolute Gasteiger partial charge is 0.479 e. The number of carbonyl (C=O) groups excluding carboxylic acids is 1. The van der Waals surface area contributed by atoms with Gasteiger partial charge < -0.3 is 24.5 Å². The number of nitrogens with zero attached hydrogens (tertiary/aromatic N) is 1. The number of carbonyl (C=O) groups is 2. The van der Waals surface area contributed by atoms with Crippen molar-refractivity contribution in [2.24, 2.45) is 0 Å². The maximum atomic E-state index is 11.3. The van der Waals surface area contributed by atoms with E-state index in [9.17, 15) is 19.3 Å². The summed E-state index contributed by atoms with van der Waals surface area (Å²) in [5.74, 6) is -1.34. The molecule has 0 aromatic rings. The lowest BCUT2D eigenvalue weighted by Gasteiger charge is -2.36. The Morgan fingerprint density at radius 3 is 2.18 bits per heavy atom. The van der Waals surface area contributed by atoms with Gasteiger partial charge in [0.25, 0.3) is 5.34 Å². The van der Waals surface area contributed by atoms with E-state index in [-0.39, 0.29) is 11.7 Å². The number of aliphatic hydroxyl groups is 1. The summed E-state index contributed by atoms with van der Waals surface area (Å²) in [6.45, 7) is 3.76. The minimum Gasteiger partial charge on any atom is -0.479 e. The fourth-order valence-electron chi connectivity index (χ4n) is 2.72. The van der Waals surface area contributed by atoms with Gasteiger partial charge in [-0.25, -0.2) is 4.79 Å². The van der Waals surface area contributed by atoms with Crippen LogP contribution in [0.5, 0.6) is 0 Å². The van der Waals surface area contributed by atoms with E-state index in [2.05, 4.69) is 0 Å². The van der Waals surface area contributed by atoms with E-state index >= 15 is 0 Å². The molecule has 1 aliphatic heterocycles. The number of hydrogen-bond acceptors (Lipinski definition) is 5. The van der Waals surface area contributed by atoms with Crippen LogP contribution in [0.25, 0.3) is 0 Å². The van der Waals surface area contributed by atoms with E-state index in [4.69, 9.17) is 14.9 Å². The van der Waals surface area contributed by atoms with Crippen molar-refractivity contribution >= 4 is 30.4 Å². The van der Waals surface area contributed by atoms with E-state index < -0.39 is 25.3 Å². The molecule has 0 radical (unpaired) electrons. The van der Waals surface area contributed by atoms with Crippen molar-refractivity contribution in [1.82, 2.24) is 0 Å². The highest BCUT2D eigenvalue weighted by Gasteiger charge is 2.54. The molecule has 10 heteroatoms. The first-order valence-corrected chi connectivity index (χ1v) is 9.62. The first-order chi connectivity index (χ1) is 10.0. The lowest BCUT2D eigenvalue weighted by Crippen LogP contribution is -2.51. The van der Waals surface area contributed by atoms with Crippen LogP contribution in [0, 0.1) is 0 Å². The predicted molar refractivity (Wildman–Crippen MR) is 81.3 cm³/mol. The van der Waals surface area contributed by atoms with Gasteiger partial charge in [-0.15, -0.1) is 0 Å². The van der Waals surface area contributed by atoms with Crippen molar-refractivity contribution in [3.05, 3.63) is 0 Å². The number of hydrogen-bond donors (Lipinski definition) is 4. The van der Waals surface area contributed by atoms with E-state index in [0.717, 1.165) is 25.9 Å². The third-order valence-corrected chi connectivity index (χ3v) is 6.32. The molecule has 1 heterocycles. The van der Waals surface area contributed by atoms with Gasteiger partial charge in [0.2, 0.25) is 0 Å². The zero-order valence-electron chi connectivity index (χ0n) is 12.5. The number of carboxylic acids is 1. The average molecular weight is 356 g/mol. The van der Waals surface area contributed by atoms with Gasteiger partial charge in [-0.05, 0) is 0 Å². The van der Waals surface area contributed by atoms with Crippen LogP contribution < -0.4 is 0 Å². The summed E-state index contributed by atoms with van der Waals surface area (Å²) in [5.41, 5.74) is 0. The fourth-order valence-corrected chi connectivity index (χ4v) is 4.13. The molecule has 0 aromatic carbocycles. The normalized spacial score (nSPS) is 20.5. The molecule has 128 valence electrons. The highest BCUT2D eigenvalue weighted by molar-refractivity contribution is 8.13. The van der Waals surface area contributed by atoms with Crippen LogP contribution in [0.1, 0.15) is 26.2 Å². The molecule has 0 spiro atoms. The van der Waals surface area contributed by atoms with Crippen molar-refractivity contribution in [2.45, 2.75) is 31.5 Å². The Hall–Kier alpha value is -0.440. The Labute approximate surface area is 133 Å². The molecular formula is C12H23NO7PS+. The third kappa shape index (κ3) is 4.78. The van der Waals surface area contributed by atoms with Gasteiger partial charge in [0.05, 0.1) is 31.9 Å². The molecule has 4 N–H and O–H groups in total. The molecule has 0 aromatic heterocycles. The van der Waals surface area contributed by atoms with Crippen LogP contribution in [-0.4, -0.2) is 72.8 Å². The van der Waals surface area contributed by atoms with Gasteiger partial charge in [0.1, 0.15) is 0 Å². The van der Waals surface area contributed by atoms with Gasteiger partial charge >= 0.3 is 13.6 Å². The van der Waals surface area contributed by atoms with Crippen molar-refractivity contribution in [3.63, 3.8) is 0 Å². The van der Waals surface area contributed by atoms with Crippen LogP contribution in [0.15, 0.2) is 0 Å². The second kappa shape index (κ2) is 7.42. The van der Waals surface area contributed by atoms with Crippen LogP contribution in [0.2, 0.25) is 0 Å². The maximum Gasteiger partial charge on any atom is 0.368 e. The minimum atomic E-state index is -5.19. The summed E-state index contributed by atoms with van der Waals surface area (Å²) in [6, 6.07) is 0. The zero-order chi connectivity index (χ0) is 17.0. The quantitative estimate of drug-likeness (QED) is 0.359. The Morgan fingerprint density at radius 2 is 1.77 bits per heavy atom. The van der Waals surface area contributed by atoms with E-state index in [1.54, 1.807) is 0 Å². The molecule has 1 unspecified atom stereocenters. The maximum absolute atomic E-state index is 11.3. The summed E-state index contributed by atoms with van der Waals surface area (Å²) in [7, 11) is -5.19. The van der Waals surface area contributed by atoms with Crippen molar-refractivity contribution in [2.75, 3.05) is 31.9 Å². The second-order valence-electron chi connectivity index (χ2n) is 5.70. The zero-order valence-corrected chi connectivity index (χ0v) is 14.2. The highest BCUT2D eigenvalue weighted by atomic mass is 32.2. The lowest BCUT2D eigenvalue weighted by molar-refractivity contribution is -0.914. The summed E-state index contributed by atoms with van der Waals surface area (Å²) in [5, 5.41) is 15.8. The first kappa shape index (κ1) is 19.6. The number of quaternary nitrogens is 1. The SMILES string of the molecule is CC(=O)SCC[N+]1(CCC(O)(C(=O)O)P(=O)(O)O)CCCC1. The van der Waals surface area contributed by atoms with E-state index in [0.29, 0.717) is 16.8 Å². The Balaban J connectivity index is 2.76. The van der Waals surface area contributed by atoms with Gasteiger partial charge in [0, 0.05) is 26.2 Å². The van der Waals surface area contributed by atoms with Gasteiger partial charge in [-0.3, -0.25) is 9.36 Å². The van der Waals surface area contributed by atoms with Gasteiger partial charge in [-0.2, -0.15) is 0 Å². The third-order valence-electron chi connectivity index (χ3n) is 4.15. The molecule has 1 saturated heterocycles. The van der Waals surface area contributed by atoms with Crippen LogP contribution in [0.3, 0.4) is 0 Å². The molecule has 22 heavy (non-hydrogen) atoms. The predicted octanol–water partition coefficient (Wildman–Crippen LogP) is 0.218. The Bertz CT molecular complexity index is 474. The topological polar surface area (TPSA) is 132 Å². The molecule has 1 atom stereocenters. The molecule has 0 bridgehead atoms. The van der Waals surface area contributed by atoms with Crippen molar-refractivity contribution in [3.8, 4) is 0 Å².